The van der Waals surface area contributed by atoms with E-state index >= 15 is 0 Å². The molecule has 0 unspecified atom stereocenters. The largest absolute Gasteiger partial charge is 0.499 e. The van der Waals surface area contributed by atoms with Crippen molar-refractivity contribution in [3.05, 3.63) is 36.3 Å². The van der Waals surface area contributed by atoms with Gasteiger partial charge >= 0.3 is 0 Å². The van der Waals surface area contributed by atoms with E-state index in [1.165, 1.54) is 5.57 Å². The van der Waals surface area contributed by atoms with E-state index < -0.39 is 0 Å². The summed E-state index contributed by atoms with van der Waals surface area (Å²) >= 11 is 0. The zero-order valence-corrected chi connectivity index (χ0v) is 8.36. The van der Waals surface area contributed by atoms with Crippen LogP contribution in [0, 0.1) is 0 Å². The van der Waals surface area contributed by atoms with Crippen molar-refractivity contribution in [1.29, 1.82) is 0 Å². The lowest BCUT2D eigenvalue weighted by molar-refractivity contribution is 0.220. The molecule has 13 heavy (non-hydrogen) atoms. The van der Waals surface area contributed by atoms with Gasteiger partial charge in [-0.05, 0) is 30.3 Å². The molecule has 72 valence electrons. The SMILES string of the molecule is CCC1=C/C=C/OCCN(C)\C=C\1. The van der Waals surface area contributed by atoms with Crippen LogP contribution in [0.3, 0.4) is 0 Å². The van der Waals surface area contributed by atoms with E-state index in [2.05, 4.69) is 37.2 Å². The van der Waals surface area contributed by atoms with Gasteiger partial charge in [0.05, 0.1) is 12.8 Å². The second-order valence-electron chi connectivity index (χ2n) is 3.09. The van der Waals surface area contributed by atoms with Crippen LogP contribution in [-0.2, 0) is 4.74 Å². The maximum absolute atomic E-state index is 5.27. The maximum atomic E-state index is 5.27. The summed E-state index contributed by atoms with van der Waals surface area (Å²) in [6.07, 6.45) is 11.1. The van der Waals surface area contributed by atoms with E-state index in [0.29, 0.717) is 0 Å². The number of allylic oxidation sites excluding steroid dienone is 4. The van der Waals surface area contributed by atoms with Crippen molar-refractivity contribution in [3.8, 4) is 0 Å². The van der Waals surface area contributed by atoms with E-state index in [9.17, 15) is 0 Å². The number of ether oxygens (including phenoxy) is 1. The Morgan fingerprint density at radius 1 is 1.54 bits per heavy atom. The van der Waals surface area contributed by atoms with E-state index in [1.807, 2.05) is 6.08 Å². The first-order valence-electron chi connectivity index (χ1n) is 4.68. The van der Waals surface area contributed by atoms with Gasteiger partial charge in [-0.2, -0.15) is 0 Å². The fourth-order valence-corrected chi connectivity index (χ4v) is 1.07. The van der Waals surface area contributed by atoms with Crippen LogP contribution < -0.4 is 0 Å². The summed E-state index contributed by atoms with van der Waals surface area (Å²) in [5.74, 6) is 0. The molecule has 0 radical (unpaired) electrons. The van der Waals surface area contributed by atoms with Crippen LogP contribution in [0.4, 0.5) is 0 Å². The monoisotopic (exact) mass is 179 g/mol. The first kappa shape index (κ1) is 9.90. The zero-order chi connectivity index (χ0) is 9.52. The van der Waals surface area contributed by atoms with Crippen molar-refractivity contribution in [2.75, 3.05) is 20.2 Å². The molecule has 0 aromatic carbocycles. The average Bonchev–Trinajstić information content (AvgIpc) is 2.16. The lowest BCUT2D eigenvalue weighted by Gasteiger charge is -2.14. The quantitative estimate of drug-likeness (QED) is 0.612. The molecule has 0 fully saturated rings. The molecule has 0 amide bonds. The Morgan fingerprint density at radius 3 is 3.15 bits per heavy atom. The molecule has 0 spiro atoms. The lowest BCUT2D eigenvalue weighted by atomic mass is 10.2. The van der Waals surface area contributed by atoms with Crippen molar-refractivity contribution >= 4 is 0 Å². The maximum Gasteiger partial charge on any atom is 0.105 e. The Balaban J connectivity index is 2.68. The second kappa shape index (κ2) is 5.46. The van der Waals surface area contributed by atoms with Crippen LogP contribution in [0.2, 0.25) is 0 Å². The van der Waals surface area contributed by atoms with Gasteiger partial charge in [-0.15, -0.1) is 0 Å². The fraction of sp³-hybridized carbons (Fsp3) is 0.455. The smallest absolute Gasteiger partial charge is 0.105 e. The third-order valence-corrected chi connectivity index (χ3v) is 2.00. The van der Waals surface area contributed by atoms with Crippen molar-refractivity contribution < 1.29 is 4.74 Å². The predicted molar refractivity (Wildman–Crippen MR) is 55.2 cm³/mol. The van der Waals surface area contributed by atoms with E-state index in [1.54, 1.807) is 6.26 Å². The van der Waals surface area contributed by atoms with Gasteiger partial charge in [0.15, 0.2) is 0 Å². The Hall–Kier alpha value is -1.18. The molecule has 2 heteroatoms. The molecule has 0 N–H and O–H groups in total. The highest BCUT2D eigenvalue weighted by Crippen LogP contribution is 2.04. The van der Waals surface area contributed by atoms with Gasteiger partial charge in [0.25, 0.3) is 0 Å². The topological polar surface area (TPSA) is 12.5 Å². The van der Waals surface area contributed by atoms with Gasteiger partial charge in [0.2, 0.25) is 0 Å². The molecular formula is C11H17NO. The first-order valence-corrected chi connectivity index (χ1v) is 4.68. The van der Waals surface area contributed by atoms with Gasteiger partial charge in [0.1, 0.15) is 6.61 Å². The van der Waals surface area contributed by atoms with E-state index in [0.717, 1.165) is 19.6 Å². The van der Waals surface area contributed by atoms with Crippen LogP contribution in [-0.4, -0.2) is 25.1 Å². The lowest BCUT2D eigenvalue weighted by Crippen LogP contribution is -2.16. The molecule has 1 rings (SSSR count). The molecular weight excluding hydrogens is 162 g/mol. The normalized spacial score (nSPS) is 26.9. The molecule has 0 aromatic heterocycles. The molecule has 0 saturated carbocycles. The van der Waals surface area contributed by atoms with Gasteiger partial charge in [0, 0.05) is 7.05 Å². The first-order chi connectivity index (χ1) is 6.33. The molecule has 2 nitrogen and oxygen atoms in total. The van der Waals surface area contributed by atoms with Crippen molar-refractivity contribution in [1.82, 2.24) is 4.90 Å². The van der Waals surface area contributed by atoms with Crippen molar-refractivity contribution in [2.45, 2.75) is 13.3 Å². The zero-order valence-electron chi connectivity index (χ0n) is 8.36. The minimum Gasteiger partial charge on any atom is -0.499 e. The summed E-state index contributed by atoms with van der Waals surface area (Å²) in [5, 5.41) is 0. The fourth-order valence-electron chi connectivity index (χ4n) is 1.07. The molecule has 0 bridgehead atoms. The highest BCUT2D eigenvalue weighted by molar-refractivity contribution is 5.22. The summed E-state index contributed by atoms with van der Waals surface area (Å²) in [4.78, 5) is 2.13. The molecule has 0 saturated heterocycles. The third kappa shape index (κ3) is 3.83. The van der Waals surface area contributed by atoms with E-state index in [-0.39, 0.29) is 0 Å². The summed E-state index contributed by atoms with van der Waals surface area (Å²) < 4.78 is 5.27. The van der Waals surface area contributed by atoms with Gasteiger partial charge in [-0.3, -0.25) is 0 Å². The summed E-state index contributed by atoms with van der Waals surface area (Å²) in [7, 11) is 2.05. The molecule has 0 aliphatic carbocycles. The minimum absolute atomic E-state index is 0.743. The van der Waals surface area contributed by atoms with Gasteiger partial charge < -0.3 is 9.64 Å². The summed E-state index contributed by atoms with van der Waals surface area (Å²) in [5.41, 5.74) is 1.31. The number of rotatable bonds is 1. The van der Waals surface area contributed by atoms with Crippen molar-refractivity contribution in [3.63, 3.8) is 0 Å². The van der Waals surface area contributed by atoms with Crippen LogP contribution in [0.1, 0.15) is 13.3 Å². The number of likely N-dealkylation sites (N-methyl/N-ethyl adjacent to an activating group) is 1. The molecule has 1 aliphatic rings. The molecule has 0 aromatic rings. The standard InChI is InChI=1S/C11H17NO/c1-3-11-5-4-9-13-10-8-12(2)7-6-11/h4-7,9H,3,8,10H2,1-2H3/b7-6+,9-4+,11-5-. The Morgan fingerprint density at radius 2 is 2.38 bits per heavy atom. The third-order valence-electron chi connectivity index (χ3n) is 2.00. The van der Waals surface area contributed by atoms with Gasteiger partial charge in [-0.1, -0.05) is 13.0 Å². The highest BCUT2D eigenvalue weighted by atomic mass is 16.5. The Labute approximate surface area is 80.2 Å². The van der Waals surface area contributed by atoms with Crippen LogP contribution >= 0.6 is 0 Å². The second-order valence-corrected chi connectivity index (χ2v) is 3.09. The predicted octanol–water partition coefficient (Wildman–Crippen LogP) is 2.31. The molecule has 0 atom stereocenters. The average molecular weight is 179 g/mol. The number of hydrogen-bond acceptors (Lipinski definition) is 2. The number of hydrogen-bond donors (Lipinski definition) is 0. The van der Waals surface area contributed by atoms with Crippen LogP contribution in [0.15, 0.2) is 36.3 Å². The molecule has 1 aliphatic heterocycles. The summed E-state index contributed by atoms with van der Waals surface area (Å²) in [6, 6.07) is 0. The number of nitrogens with zero attached hydrogens (tertiary/aromatic N) is 1. The van der Waals surface area contributed by atoms with Crippen molar-refractivity contribution in [2.24, 2.45) is 0 Å². The minimum atomic E-state index is 0.743. The van der Waals surface area contributed by atoms with Gasteiger partial charge in [-0.25, -0.2) is 0 Å². The molecule has 1 heterocycles. The van der Waals surface area contributed by atoms with Crippen LogP contribution in [0.25, 0.3) is 0 Å². The Kier molecular flexibility index (Phi) is 4.16. The highest BCUT2D eigenvalue weighted by Gasteiger charge is 1.93. The van der Waals surface area contributed by atoms with Crippen LogP contribution in [0.5, 0.6) is 0 Å². The van der Waals surface area contributed by atoms with E-state index in [4.69, 9.17) is 4.74 Å². The Bertz CT molecular complexity index is 228. The summed E-state index contributed by atoms with van der Waals surface area (Å²) in [6.45, 7) is 3.82.